The van der Waals surface area contributed by atoms with Crippen molar-refractivity contribution in [3.8, 4) is 0 Å². The number of pyridine rings is 3. The fraction of sp³-hybridized carbons (Fsp3) is 0.200. The molecule has 0 fully saturated rings. The molecule has 10 heteroatoms. The van der Waals surface area contributed by atoms with Gasteiger partial charge < -0.3 is 10.6 Å². The number of hydrogen-bond acceptors (Lipinski definition) is 5. The molecule has 4 aromatic rings. The summed E-state index contributed by atoms with van der Waals surface area (Å²) in [5.41, 5.74) is 5.21. The third-order valence-corrected chi connectivity index (χ3v) is 5.49. The lowest BCUT2D eigenvalue weighted by Crippen LogP contribution is -2.34. The molecule has 3 heterocycles. The Balaban J connectivity index is 1.76. The van der Waals surface area contributed by atoms with Gasteiger partial charge in [0.1, 0.15) is 11.6 Å². The molecule has 4 rings (SSSR count). The summed E-state index contributed by atoms with van der Waals surface area (Å²) in [5, 5.41) is 0.334. The third-order valence-electron chi connectivity index (χ3n) is 5.49. The zero-order chi connectivity index (χ0) is 27.8. The smallest absolute Gasteiger partial charge is 0.383 e. The highest BCUT2D eigenvalue weighted by molar-refractivity contribution is 5.98. The van der Waals surface area contributed by atoms with E-state index in [1.807, 2.05) is 0 Å². The Morgan fingerprint density at radius 2 is 1.97 bits per heavy atom. The normalized spacial score (nSPS) is 14.1. The zero-order valence-corrected chi connectivity index (χ0v) is 18.3. The maximum atomic E-state index is 14.6. The van der Waals surface area contributed by atoms with Crippen molar-refractivity contribution in [2.45, 2.75) is 32.5 Å². The number of aromatic nitrogens is 3. The van der Waals surface area contributed by atoms with Crippen molar-refractivity contribution in [1.82, 2.24) is 19.9 Å². The molecule has 1 aromatic carbocycles. The first kappa shape index (κ1) is 20.3. The standard InChI is InChI=1S/C25H21F4N5O/c1-14-10-17-11-16(5-8-21(17)33-23(14)30)24(35)34(15(2)22-20(26)4-3-9-31-22)13-19-7-6-18(12-32-19)25(27,28)29/h3-12,15H,13H2,1-2H3,(H2,30,33)/t15-/m1/s1/i1D3. The fourth-order valence-corrected chi connectivity index (χ4v) is 3.59. The van der Waals surface area contributed by atoms with Crippen LogP contribution in [0.1, 0.15) is 50.0 Å². The monoisotopic (exact) mass is 486 g/mol. The minimum absolute atomic E-state index is 0.0484. The Bertz CT molecular complexity index is 1490. The number of anilines is 1. The minimum atomic E-state index is -4.58. The second kappa shape index (κ2) is 9.28. The van der Waals surface area contributed by atoms with Gasteiger partial charge in [-0.05, 0) is 67.9 Å². The highest BCUT2D eigenvalue weighted by Crippen LogP contribution is 2.30. The van der Waals surface area contributed by atoms with Crippen molar-refractivity contribution < 1.29 is 26.5 Å². The van der Waals surface area contributed by atoms with E-state index in [-0.39, 0.29) is 34.9 Å². The Morgan fingerprint density at radius 3 is 2.63 bits per heavy atom. The summed E-state index contributed by atoms with van der Waals surface area (Å²) in [6.45, 7) is -1.26. The van der Waals surface area contributed by atoms with Gasteiger partial charge in [0, 0.05) is 27.5 Å². The molecule has 0 aliphatic carbocycles. The number of nitrogens with two attached hydrogens (primary N) is 1. The van der Waals surface area contributed by atoms with Crippen molar-refractivity contribution in [2.24, 2.45) is 0 Å². The molecule has 0 bridgehead atoms. The molecule has 1 atom stereocenters. The maximum absolute atomic E-state index is 14.6. The molecule has 2 N–H and O–H groups in total. The van der Waals surface area contributed by atoms with Gasteiger partial charge in [0.05, 0.1) is 35.1 Å². The van der Waals surface area contributed by atoms with Crippen molar-refractivity contribution in [1.29, 1.82) is 0 Å². The van der Waals surface area contributed by atoms with Crippen LogP contribution in [0.4, 0.5) is 23.4 Å². The molecule has 0 saturated carbocycles. The predicted octanol–water partition coefficient (Wildman–Crippen LogP) is 5.48. The number of alkyl halides is 3. The quantitative estimate of drug-likeness (QED) is 0.378. The van der Waals surface area contributed by atoms with E-state index in [1.54, 1.807) is 0 Å². The first-order valence-electron chi connectivity index (χ1n) is 11.9. The number of nitrogens with zero attached hydrogens (tertiary/aromatic N) is 4. The maximum Gasteiger partial charge on any atom is 0.417 e. The van der Waals surface area contributed by atoms with E-state index in [0.717, 1.165) is 12.1 Å². The van der Waals surface area contributed by atoms with Crippen LogP contribution < -0.4 is 5.73 Å². The Morgan fingerprint density at radius 1 is 1.17 bits per heavy atom. The number of halogens is 4. The molecule has 3 aromatic heterocycles. The highest BCUT2D eigenvalue weighted by atomic mass is 19.4. The van der Waals surface area contributed by atoms with Crippen LogP contribution in [0.25, 0.3) is 10.9 Å². The van der Waals surface area contributed by atoms with Gasteiger partial charge in [0.15, 0.2) is 0 Å². The van der Waals surface area contributed by atoms with E-state index in [2.05, 4.69) is 15.0 Å². The van der Waals surface area contributed by atoms with Crippen LogP contribution in [0.2, 0.25) is 0 Å². The van der Waals surface area contributed by atoms with E-state index in [1.165, 1.54) is 54.4 Å². The summed E-state index contributed by atoms with van der Waals surface area (Å²) in [6.07, 6.45) is -2.57. The summed E-state index contributed by atoms with van der Waals surface area (Å²) >= 11 is 0. The number of aryl methyl sites for hydroxylation is 1. The van der Waals surface area contributed by atoms with Gasteiger partial charge >= 0.3 is 6.18 Å². The molecule has 0 saturated heterocycles. The number of benzene rings is 1. The van der Waals surface area contributed by atoms with Gasteiger partial charge in [-0.15, -0.1) is 0 Å². The van der Waals surface area contributed by atoms with Crippen molar-refractivity contribution in [3.63, 3.8) is 0 Å². The van der Waals surface area contributed by atoms with Crippen molar-refractivity contribution >= 4 is 22.6 Å². The zero-order valence-electron chi connectivity index (χ0n) is 21.3. The van der Waals surface area contributed by atoms with Crippen LogP contribution in [0, 0.1) is 12.7 Å². The Kier molecular flexibility index (Phi) is 5.39. The largest absolute Gasteiger partial charge is 0.417 e. The molecular weight excluding hydrogens is 462 g/mol. The van der Waals surface area contributed by atoms with Gasteiger partial charge in [0.2, 0.25) is 0 Å². The lowest BCUT2D eigenvalue weighted by Gasteiger charge is -2.29. The summed E-state index contributed by atoms with van der Waals surface area (Å²) in [7, 11) is 0. The van der Waals surface area contributed by atoms with Crippen LogP contribution in [0.3, 0.4) is 0 Å². The molecule has 35 heavy (non-hydrogen) atoms. The second-order valence-corrected chi connectivity index (χ2v) is 7.84. The summed E-state index contributed by atoms with van der Waals surface area (Å²) in [6, 6.07) is 9.30. The third kappa shape index (κ3) is 5.06. The number of fused-ring (bicyclic) bond motifs is 1. The Hall–Kier alpha value is -4.08. The molecule has 180 valence electrons. The van der Waals surface area contributed by atoms with Crippen LogP contribution >= 0.6 is 0 Å². The van der Waals surface area contributed by atoms with Crippen molar-refractivity contribution in [2.75, 3.05) is 5.73 Å². The van der Waals surface area contributed by atoms with Crippen LogP contribution in [-0.4, -0.2) is 25.8 Å². The van der Waals surface area contributed by atoms with E-state index in [0.29, 0.717) is 17.1 Å². The predicted molar refractivity (Wildman–Crippen MR) is 123 cm³/mol. The SMILES string of the molecule is [2H]C([2H])([2H])c1cc2cc(C(=O)N(Cc3ccc(C(F)(F)F)cn3)[C@H](C)c3ncccc3F)ccc2nc1N. The van der Waals surface area contributed by atoms with Gasteiger partial charge in [-0.25, -0.2) is 9.37 Å². The summed E-state index contributed by atoms with van der Waals surface area (Å²) < 4.78 is 76.5. The Labute approximate surface area is 202 Å². The van der Waals surface area contributed by atoms with Crippen LogP contribution in [0.5, 0.6) is 0 Å². The minimum Gasteiger partial charge on any atom is -0.383 e. The second-order valence-electron chi connectivity index (χ2n) is 7.84. The van der Waals surface area contributed by atoms with Gasteiger partial charge in [0.25, 0.3) is 5.91 Å². The highest BCUT2D eigenvalue weighted by Gasteiger charge is 2.31. The lowest BCUT2D eigenvalue weighted by atomic mass is 10.1. The number of carbonyl (C=O) groups is 1. The molecule has 6 nitrogen and oxygen atoms in total. The van der Waals surface area contributed by atoms with Crippen LogP contribution in [0.15, 0.2) is 60.9 Å². The van der Waals surface area contributed by atoms with Crippen molar-refractivity contribution in [3.05, 3.63) is 94.8 Å². The van der Waals surface area contributed by atoms with E-state index in [4.69, 9.17) is 9.85 Å². The topological polar surface area (TPSA) is 85.0 Å². The number of hydrogen-bond donors (Lipinski definition) is 1. The average molecular weight is 486 g/mol. The summed E-state index contributed by atoms with van der Waals surface area (Å²) in [5.74, 6) is -1.44. The number of carbonyl (C=O) groups excluding carboxylic acids is 1. The van der Waals surface area contributed by atoms with Gasteiger partial charge in [-0.1, -0.05) is 0 Å². The average Bonchev–Trinajstić information content (AvgIpc) is 2.85. The first-order valence-corrected chi connectivity index (χ1v) is 10.4. The van der Waals surface area contributed by atoms with E-state index < -0.39 is 36.4 Å². The van der Waals surface area contributed by atoms with E-state index >= 15 is 0 Å². The molecule has 1 amide bonds. The molecule has 0 radical (unpaired) electrons. The molecule has 0 aliphatic heterocycles. The van der Waals surface area contributed by atoms with Crippen LogP contribution in [-0.2, 0) is 12.7 Å². The fourth-order valence-electron chi connectivity index (χ4n) is 3.59. The lowest BCUT2D eigenvalue weighted by molar-refractivity contribution is -0.137. The molecular formula is C25H21F4N5O. The number of rotatable bonds is 5. The summed E-state index contributed by atoms with van der Waals surface area (Å²) in [4.78, 5) is 26.9. The first-order chi connectivity index (χ1) is 17.8. The van der Waals surface area contributed by atoms with Gasteiger partial charge in [-0.2, -0.15) is 13.2 Å². The number of nitrogen functional groups attached to an aromatic ring is 1. The van der Waals surface area contributed by atoms with E-state index in [9.17, 15) is 22.4 Å². The molecule has 0 unspecified atom stereocenters. The van der Waals surface area contributed by atoms with Gasteiger partial charge in [-0.3, -0.25) is 14.8 Å². The molecule has 0 spiro atoms. The molecule has 0 aliphatic rings. The number of amides is 1.